The number of nitrogens with one attached hydrogen (secondary N) is 2. The quantitative estimate of drug-likeness (QED) is 0.112. The summed E-state index contributed by atoms with van der Waals surface area (Å²) in [7, 11) is 1.60. The predicted octanol–water partition coefficient (Wildman–Crippen LogP) is 6.94. The Morgan fingerprint density at radius 1 is 0.950 bits per heavy atom. The molecule has 0 aliphatic rings. The van der Waals surface area contributed by atoms with E-state index in [1.54, 1.807) is 19.2 Å². The Kier molecular flexibility index (Phi) is 8.04. The van der Waals surface area contributed by atoms with E-state index in [0.29, 0.717) is 16.4 Å². The first-order chi connectivity index (χ1) is 19.4. The lowest BCUT2D eigenvalue weighted by Crippen LogP contribution is -2.18. The van der Waals surface area contributed by atoms with Gasteiger partial charge in [0.2, 0.25) is 5.91 Å². The van der Waals surface area contributed by atoms with Crippen molar-refractivity contribution in [1.29, 1.82) is 0 Å². The second-order valence-corrected chi connectivity index (χ2v) is 10.7. The van der Waals surface area contributed by atoms with Gasteiger partial charge < -0.3 is 15.4 Å². The lowest BCUT2D eigenvalue weighted by atomic mass is 10.1. The van der Waals surface area contributed by atoms with Crippen LogP contribution in [-0.2, 0) is 4.79 Å². The molecule has 9 nitrogen and oxygen atoms in total. The molecule has 5 rings (SSSR count). The van der Waals surface area contributed by atoms with Crippen LogP contribution in [0.1, 0.15) is 21.2 Å². The van der Waals surface area contributed by atoms with Gasteiger partial charge in [-0.3, -0.25) is 19.7 Å². The standard InChI is InChI=1S/C29H22N4O5S2/c1-38-22-13-16-24-25(17-22)40-29(31-24)32-28(35)26(18-5-3-2-4-6-18)39-23-14-9-20(10-15-23)30-27(34)19-7-11-21(12-8-19)33(36)37/h2-17,26H,1H3,(H,30,34)(H,31,32,35). The Morgan fingerprint density at radius 2 is 1.68 bits per heavy atom. The minimum absolute atomic E-state index is 0.0849. The average molecular weight is 571 g/mol. The molecule has 0 fully saturated rings. The number of carbonyl (C=O) groups excluding carboxylic acids is 2. The summed E-state index contributed by atoms with van der Waals surface area (Å²) in [5, 5.41) is 16.5. The van der Waals surface area contributed by atoms with Crippen LogP contribution in [0.25, 0.3) is 10.2 Å². The minimum Gasteiger partial charge on any atom is -0.497 e. The van der Waals surface area contributed by atoms with Crippen LogP contribution in [0.4, 0.5) is 16.5 Å². The van der Waals surface area contributed by atoms with Crippen molar-refractivity contribution >= 4 is 61.6 Å². The third-order valence-corrected chi connectivity index (χ3v) is 8.07. The largest absolute Gasteiger partial charge is 0.497 e. The Balaban J connectivity index is 1.30. The number of rotatable bonds is 9. The van der Waals surface area contributed by atoms with Crippen molar-refractivity contribution in [3.8, 4) is 5.75 Å². The molecule has 1 aromatic heterocycles. The number of thioether (sulfide) groups is 1. The Bertz CT molecular complexity index is 1670. The summed E-state index contributed by atoms with van der Waals surface area (Å²) in [6, 6.07) is 27.5. The third-order valence-electron chi connectivity index (χ3n) is 5.87. The van der Waals surface area contributed by atoms with Crippen molar-refractivity contribution in [3.05, 3.63) is 118 Å². The number of hydrogen-bond donors (Lipinski definition) is 2. The highest BCUT2D eigenvalue weighted by Gasteiger charge is 2.23. The monoisotopic (exact) mass is 570 g/mol. The molecule has 0 saturated carbocycles. The molecule has 0 radical (unpaired) electrons. The summed E-state index contributed by atoms with van der Waals surface area (Å²) in [4.78, 5) is 41.7. The SMILES string of the molecule is COc1ccc2nc(NC(=O)C(Sc3ccc(NC(=O)c4ccc([N+](=O)[O-])cc4)cc3)c3ccccc3)sc2c1. The summed E-state index contributed by atoms with van der Waals surface area (Å²) in [5.74, 6) is 0.127. The molecule has 5 aromatic rings. The molecule has 0 aliphatic carbocycles. The zero-order valence-corrected chi connectivity index (χ0v) is 22.7. The Hall–Kier alpha value is -4.74. The maximum atomic E-state index is 13.5. The topological polar surface area (TPSA) is 123 Å². The Morgan fingerprint density at radius 3 is 2.35 bits per heavy atom. The van der Waals surface area contributed by atoms with E-state index in [2.05, 4.69) is 15.6 Å². The molecule has 40 heavy (non-hydrogen) atoms. The van der Waals surface area contributed by atoms with Crippen LogP contribution < -0.4 is 15.4 Å². The van der Waals surface area contributed by atoms with Crippen LogP contribution in [-0.4, -0.2) is 28.8 Å². The molecule has 2 amide bonds. The van der Waals surface area contributed by atoms with Gasteiger partial charge in [-0.15, -0.1) is 11.8 Å². The zero-order chi connectivity index (χ0) is 28.1. The minimum atomic E-state index is -0.553. The number of methoxy groups -OCH3 is 1. The molecule has 2 N–H and O–H groups in total. The van der Waals surface area contributed by atoms with E-state index in [4.69, 9.17) is 4.74 Å². The number of nitro groups is 1. The third kappa shape index (κ3) is 6.28. The number of anilines is 2. The molecule has 200 valence electrons. The van der Waals surface area contributed by atoms with Gasteiger partial charge in [-0.1, -0.05) is 41.7 Å². The second-order valence-electron chi connectivity index (χ2n) is 8.53. The van der Waals surface area contributed by atoms with Crippen LogP contribution >= 0.6 is 23.1 Å². The first kappa shape index (κ1) is 26.9. The van der Waals surface area contributed by atoms with Gasteiger partial charge in [0, 0.05) is 28.3 Å². The number of hydrogen-bond acceptors (Lipinski definition) is 8. The van der Waals surface area contributed by atoms with E-state index < -0.39 is 10.2 Å². The number of non-ortho nitro benzene ring substituents is 1. The molecule has 11 heteroatoms. The van der Waals surface area contributed by atoms with E-state index in [1.165, 1.54) is 47.4 Å². The molecule has 0 bridgehead atoms. The molecule has 1 unspecified atom stereocenters. The zero-order valence-electron chi connectivity index (χ0n) is 21.1. The number of aromatic nitrogens is 1. The maximum absolute atomic E-state index is 13.5. The highest BCUT2D eigenvalue weighted by molar-refractivity contribution is 8.00. The number of fused-ring (bicyclic) bond motifs is 1. The maximum Gasteiger partial charge on any atom is 0.269 e. The fraction of sp³-hybridized carbons (Fsp3) is 0.0690. The van der Waals surface area contributed by atoms with E-state index in [1.807, 2.05) is 60.7 Å². The molecule has 1 atom stereocenters. The van der Waals surface area contributed by atoms with Gasteiger partial charge in [0.15, 0.2) is 5.13 Å². The van der Waals surface area contributed by atoms with E-state index in [9.17, 15) is 19.7 Å². The van der Waals surface area contributed by atoms with Crippen molar-refractivity contribution in [2.24, 2.45) is 0 Å². The van der Waals surface area contributed by atoms with Crippen molar-refractivity contribution in [2.75, 3.05) is 17.7 Å². The highest BCUT2D eigenvalue weighted by Crippen LogP contribution is 2.38. The van der Waals surface area contributed by atoms with Gasteiger partial charge in [-0.2, -0.15) is 0 Å². The first-order valence-electron chi connectivity index (χ1n) is 12.0. The molecule has 0 saturated heterocycles. The lowest BCUT2D eigenvalue weighted by Gasteiger charge is -2.16. The van der Waals surface area contributed by atoms with E-state index >= 15 is 0 Å². The highest BCUT2D eigenvalue weighted by atomic mass is 32.2. The average Bonchev–Trinajstić information content (AvgIpc) is 3.38. The fourth-order valence-corrected chi connectivity index (χ4v) is 5.77. The van der Waals surface area contributed by atoms with Gasteiger partial charge in [0.05, 0.1) is 22.2 Å². The molecule has 0 spiro atoms. The lowest BCUT2D eigenvalue weighted by molar-refractivity contribution is -0.384. The molecule has 1 heterocycles. The van der Waals surface area contributed by atoms with Gasteiger partial charge in [0.1, 0.15) is 11.0 Å². The van der Waals surface area contributed by atoms with E-state index in [-0.39, 0.29) is 17.5 Å². The van der Waals surface area contributed by atoms with Crippen LogP contribution in [0.2, 0.25) is 0 Å². The van der Waals surface area contributed by atoms with Gasteiger partial charge in [0.25, 0.3) is 11.6 Å². The second kappa shape index (κ2) is 12.0. The van der Waals surface area contributed by atoms with Gasteiger partial charge in [-0.05, 0) is 60.2 Å². The number of amides is 2. The van der Waals surface area contributed by atoms with Crippen molar-refractivity contribution in [3.63, 3.8) is 0 Å². The summed E-state index contributed by atoms with van der Waals surface area (Å²) in [6.45, 7) is 0. The number of thiazole rings is 1. The summed E-state index contributed by atoms with van der Waals surface area (Å²) < 4.78 is 6.19. The summed E-state index contributed by atoms with van der Waals surface area (Å²) in [6.07, 6.45) is 0. The van der Waals surface area contributed by atoms with Crippen LogP contribution in [0.5, 0.6) is 5.75 Å². The number of benzene rings is 4. The van der Waals surface area contributed by atoms with Crippen molar-refractivity contribution < 1.29 is 19.2 Å². The fourth-order valence-electron chi connectivity index (χ4n) is 3.85. The normalized spacial score (nSPS) is 11.5. The number of nitrogens with zero attached hydrogens (tertiary/aromatic N) is 2. The predicted molar refractivity (Wildman–Crippen MR) is 157 cm³/mol. The smallest absolute Gasteiger partial charge is 0.269 e. The first-order valence-corrected chi connectivity index (χ1v) is 13.7. The molecule has 0 aliphatic heterocycles. The van der Waals surface area contributed by atoms with Gasteiger partial charge >= 0.3 is 0 Å². The number of carbonyl (C=O) groups is 2. The molecule has 4 aromatic carbocycles. The van der Waals surface area contributed by atoms with Crippen LogP contribution in [0, 0.1) is 10.1 Å². The van der Waals surface area contributed by atoms with Crippen LogP contribution in [0.3, 0.4) is 0 Å². The summed E-state index contributed by atoms with van der Waals surface area (Å²) >= 11 is 2.75. The van der Waals surface area contributed by atoms with Gasteiger partial charge in [-0.25, -0.2) is 4.98 Å². The molecular weight excluding hydrogens is 548 g/mol. The van der Waals surface area contributed by atoms with E-state index in [0.717, 1.165) is 26.4 Å². The number of ether oxygens (including phenoxy) is 1. The number of nitro benzene ring substituents is 1. The van der Waals surface area contributed by atoms with Crippen molar-refractivity contribution in [1.82, 2.24) is 4.98 Å². The Labute approximate surface area is 237 Å². The summed E-state index contributed by atoms with van der Waals surface area (Å²) in [5.41, 5.74) is 2.38. The molecular formula is C29H22N4O5S2. The van der Waals surface area contributed by atoms with Crippen LogP contribution in [0.15, 0.2) is 102 Å². The van der Waals surface area contributed by atoms with Crippen molar-refractivity contribution in [2.45, 2.75) is 10.1 Å².